The van der Waals surface area contributed by atoms with E-state index in [0.717, 1.165) is 12.1 Å². The van der Waals surface area contributed by atoms with Gasteiger partial charge in [0.2, 0.25) is 0 Å². The van der Waals surface area contributed by atoms with E-state index in [9.17, 15) is 27.6 Å². The zero-order valence-electron chi connectivity index (χ0n) is 17.4. The quantitative estimate of drug-likeness (QED) is 0.528. The predicted octanol–water partition coefficient (Wildman–Crippen LogP) is 4.67. The van der Waals surface area contributed by atoms with E-state index in [2.05, 4.69) is 10.6 Å². The van der Waals surface area contributed by atoms with Gasteiger partial charge in [-0.05, 0) is 48.0 Å². The minimum absolute atomic E-state index is 0.100. The van der Waals surface area contributed by atoms with Crippen molar-refractivity contribution < 1.29 is 32.3 Å². The second-order valence-corrected chi connectivity index (χ2v) is 6.96. The van der Waals surface area contributed by atoms with E-state index in [1.54, 1.807) is 30.3 Å². The van der Waals surface area contributed by atoms with Gasteiger partial charge in [0, 0.05) is 17.8 Å². The topological polar surface area (TPSA) is 84.5 Å². The normalized spacial score (nSPS) is 10.9. The average molecular weight is 456 g/mol. The molecule has 0 aliphatic rings. The highest BCUT2D eigenvalue weighted by Crippen LogP contribution is 2.31. The third kappa shape index (κ3) is 5.97. The van der Waals surface area contributed by atoms with Crippen molar-refractivity contribution >= 4 is 23.5 Å². The molecule has 0 aliphatic carbocycles. The van der Waals surface area contributed by atoms with E-state index in [4.69, 9.17) is 4.74 Å². The van der Waals surface area contributed by atoms with E-state index in [1.165, 1.54) is 37.4 Å². The molecule has 0 saturated heterocycles. The van der Waals surface area contributed by atoms with Crippen molar-refractivity contribution in [3.8, 4) is 0 Å². The summed E-state index contributed by atoms with van der Waals surface area (Å²) in [6.07, 6.45) is -4.69. The zero-order valence-corrected chi connectivity index (χ0v) is 17.4. The predicted molar refractivity (Wildman–Crippen MR) is 115 cm³/mol. The van der Waals surface area contributed by atoms with Crippen LogP contribution < -0.4 is 10.6 Å². The van der Waals surface area contributed by atoms with Gasteiger partial charge in [0.1, 0.15) is 0 Å². The van der Waals surface area contributed by atoms with Crippen LogP contribution in [0.15, 0.2) is 72.8 Å². The Labute approximate surface area is 187 Å². The molecule has 6 nitrogen and oxygen atoms in total. The summed E-state index contributed by atoms with van der Waals surface area (Å²) in [6.45, 7) is -0.190. The maximum Gasteiger partial charge on any atom is 0.417 e. The Balaban J connectivity index is 1.83. The molecule has 3 aromatic rings. The SMILES string of the molecule is COC(=O)c1cc(CNC(=O)c2ccccc2C(F)(F)F)cc(NC(=O)c2ccccc2)c1. The lowest BCUT2D eigenvalue weighted by Crippen LogP contribution is -2.26. The van der Waals surface area contributed by atoms with Crippen LogP contribution in [0, 0.1) is 0 Å². The third-order valence-corrected chi connectivity index (χ3v) is 4.64. The van der Waals surface area contributed by atoms with Gasteiger partial charge in [-0.3, -0.25) is 9.59 Å². The lowest BCUT2D eigenvalue weighted by Gasteiger charge is -2.14. The number of halogens is 3. The Morgan fingerprint density at radius 3 is 2.18 bits per heavy atom. The van der Waals surface area contributed by atoms with Crippen molar-refractivity contribution in [3.05, 3.63) is 101 Å². The van der Waals surface area contributed by atoms with Gasteiger partial charge in [0.05, 0.1) is 23.8 Å². The molecule has 2 N–H and O–H groups in total. The number of nitrogens with one attached hydrogen (secondary N) is 2. The minimum atomic E-state index is -4.69. The molecule has 0 atom stereocenters. The summed E-state index contributed by atoms with van der Waals surface area (Å²) in [5.41, 5.74) is -0.456. The standard InChI is InChI=1S/C24H19F3N2O4/c1-33-23(32)17-11-15(12-18(13-17)29-21(30)16-7-3-2-4-8-16)14-28-22(31)19-9-5-6-10-20(19)24(25,26)27/h2-13H,14H2,1H3,(H,28,31)(H,29,30). The second kappa shape index (κ2) is 9.99. The Hall–Kier alpha value is -4.14. The molecule has 2 amide bonds. The van der Waals surface area contributed by atoms with Gasteiger partial charge in [0.25, 0.3) is 11.8 Å². The first-order valence-electron chi connectivity index (χ1n) is 9.72. The molecule has 0 saturated carbocycles. The summed E-state index contributed by atoms with van der Waals surface area (Å²) < 4.78 is 44.3. The van der Waals surface area contributed by atoms with E-state index in [-0.39, 0.29) is 17.8 Å². The maximum atomic E-state index is 13.2. The van der Waals surface area contributed by atoms with Crippen LogP contribution in [0.4, 0.5) is 18.9 Å². The number of amides is 2. The molecule has 170 valence electrons. The number of benzene rings is 3. The lowest BCUT2D eigenvalue weighted by atomic mass is 10.1. The fourth-order valence-electron chi connectivity index (χ4n) is 3.10. The molecule has 0 radical (unpaired) electrons. The smallest absolute Gasteiger partial charge is 0.417 e. The molecule has 33 heavy (non-hydrogen) atoms. The van der Waals surface area contributed by atoms with Crippen LogP contribution in [0.25, 0.3) is 0 Å². The number of anilines is 1. The van der Waals surface area contributed by atoms with E-state index < -0.39 is 35.1 Å². The molecule has 0 aliphatic heterocycles. The number of rotatable bonds is 6. The Bertz CT molecular complexity index is 1180. The largest absolute Gasteiger partial charge is 0.465 e. The highest BCUT2D eigenvalue weighted by atomic mass is 19.4. The monoisotopic (exact) mass is 456 g/mol. The highest BCUT2D eigenvalue weighted by molar-refractivity contribution is 6.05. The molecular formula is C24H19F3N2O4. The maximum absolute atomic E-state index is 13.2. The fourth-order valence-corrected chi connectivity index (χ4v) is 3.10. The fraction of sp³-hybridized carbons (Fsp3) is 0.125. The Kier molecular flexibility index (Phi) is 7.12. The minimum Gasteiger partial charge on any atom is -0.465 e. The van der Waals surface area contributed by atoms with Crippen LogP contribution >= 0.6 is 0 Å². The molecule has 3 rings (SSSR count). The van der Waals surface area contributed by atoms with Gasteiger partial charge in [0.15, 0.2) is 0 Å². The molecule has 0 fully saturated rings. The van der Waals surface area contributed by atoms with Crippen molar-refractivity contribution in [1.82, 2.24) is 5.32 Å². The van der Waals surface area contributed by atoms with Crippen molar-refractivity contribution in [2.24, 2.45) is 0 Å². The summed E-state index contributed by atoms with van der Waals surface area (Å²) in [4.78, 5) is 36.9. The first-order chi connectivity index (χ1) is 15.7. The first-order valence-corrected chi connectivity index (χ1v) is 9.72. The lowest BCUT2D eigenvalue weighted by molar-refractivity contribution is -0.137. The van der Waals surface area contributed by atoms with Crippen molar-refractivity contribution in [2.75, 3.05) is 12.4 Å². The number of methoxy groups -OCH3 is 1. The van der Waals surface area contributed by atoms with Gasteiger partial charge in [-0.15, -0.1) is 0 Å². The average Bonchev–Trinajstić information content (AvgIpc) is 2.81. The van der Waals surface area contributed by atoms with Crippen LogP contribution in [0.2, 0.25) is 0 Å². The number of esters is 1. The van der Waals surface area contributed by atoms with Crippen LogP contribution in [-0.2, 0) is 17.5 Å². The number of hydrogen-bond acceptors (Lipinski definition) is 4. The van der Waals surface area contributed by atoms with E-state index in [1.807, 2.05) is 0 Å². The van der Waals surface area contributed by atoms with Gasteiger partial charge in [-0.1, -0.05) is 30.3 Å². The van der Waals surface area contributed by atoms with E-state index >= 15 is 0 Å². The Morgan fingerprint density at radius 1 is 0.848 bits per heavy atom. The number of ether oxygens (including phenoxy) is 1. The highest BCUT2D eigenvalue weighted by Gasteiger charge is 2.34. The van der Waals surface area contributed by atoms with Gasteiger partial charge < -0.3 is 15.4 Å². The number of alkyl halides is 3. The first kappa shape index (κ1) is 23.5. The molecule has 3 aromatic carbocycles. The molecule has 0 unspecified atom stereocenters. The molecule has 0 spiro atoms. The van der Waals surface area contributed by atoms with Crippen molar-refractivity contribution in [2.45, 2.75) is 12.7 Å². The number of carbonyl (C=O) groups is 3. The second-order valence-electron chi connectivity index (χ2n) is 6.96. The van der Waals surface area contributed by atoms with Crippen molar-refractivity contribution in [1.29, 1.82) is 0 Å². The summed E-state index contributed by atoms with van der Waals surface area (Å²) >= 11 is 0. The van der Waals surface area contributed by atoms with Crippen LogP contribution in [0.3, 0.4) is 0 Å². The Morgan fingerprint density at radius 2 is 1.52 bits per heavy atom. The molecule has 9 heteroatoms. The summed E-state index contributed by atoms with van der Waals surface area (Å²) in [7, 11) is 1.19. The van der Waals surface area contributed by atoms with Crippen LogP contribution in [0.1, 0.15) is 42.2 Å². The summed E-state index contributed by atoms with van der Waals surface area (Å²) in [6, 6.07) is 17.1. The van der Waals surface area contributed by atoms with E-state index in [0.29, 0.717) is 11.1 Å². The van der Waals surface area contributed by atoms with Crippen molar-refractivity contribution in [3.63, 3.8) is 0 Å². The van der Waals surface area contributed by atoms with Gasteiger partial charge in [-0.2, -0.15) is 13.2 Å². The number of carbonyl (C=O) groups excluding carboxylic acids is 3. The summed E-state index contributed by atoms with van der Waals surface area (Å²) in [5.74, 6) is -2.03. The molecule has 0 aromatic heterocycles. The van der Waals surface area contributed by atoms with Crippen LogP contribution in [0.5, 0.6) is 0 Å². The van der Waals surface area contributed by atoms with Crippen LogP contribution in [-0.4, -0.2) is 24.9 Å². The van der Waals surface area contributed by atoms with Gasteiger partial charge >= 0.3 is 12.1 Å². The molecule has 0 bridgehead atoms. The third-order valence-electron chi connectivity index (χ3n) is 4.64. The summed E-state index contributed by atoms with van der Waals surface area (Å²) in [5, 5.41) is 5.08. The molecule has 0 heterocycles. The molecular weight excluding hydrogens is 437 g/mol. The van der Waals surface area contributed by atoms with Gasteiger partial charge in [-0.25, -0.2) is 4.79 Å². The zero-order chi connectivity index (χ0) is 24.0. The number of hydrogen-bond donors (Lipinski definition) is 2.